The molecule has 0 bridgehead atoms. The molecule has 3 N–H and O–H groups in total. The third-order valence-electron chi connectivity index (χ3n) is 2.18. The van der Waals surface area contributed by atoms with Crippen LogP contribution in [0.1, 0.15) is 12.8 Å². The highest BCUT2D eigenvalue weighted by atomic mass is 35.5. The zero-order valence-electron chi connectivity index (χ0n) is 7.57. The molecule has 1 aromatic rings. The van der Waals surface area contributed by atoms with E-state index in [2.05, 4.69) is 27.4 Å². The predicted octanol–water partition coefficient (Wildman–Crippen LogP) is 1.84. The molecule has 0 atom stereocenters. The molecule has 0 aromatic carbocycles. The minimum absolute atomic E-state index is 0.299. The van der Waals surface area contributed by atoms with Crippen molar-refractivity contribution in [2.75, 3.05) is 11.1 Å². The molecule has 14 heavy (non-hydrogen) atoms. The first-order valence-electron chi connectivity index (χ1n) is 4.45. The predicted molar refractivity (Wildman–Crippen MR) is 57.2 cm³/mol. The number of nitrogens with one attached hydrogen (secondary N) is 1. The number of nitrogen functional groups attached to an aromatic ring is 1. The average molecular weight is 211 g/mol. The Hall–Kier alpha value is -1.29. The van der Waals surface area contributed by atoms with Crippen LogP contribution in [-0.2, 0) is 0 Å². The second-order valence-electron chi connectivity index (χ2n) is 3.21. The molecule has 2 rings (SSSR count). The van der Waals surface area contributed by atoms with E-state index in [-0.39, 0.29) is 0 Å². The van der Waals surface area contributed by atoms with Crippen LogP contribution >= 0.6 is 11.6 Å². The Morgan fingerprint density at radius 3 is 2.79 bits per heavy atom. The summed E-state index contributed by atoms with van der Waals surface area (Å²) in [6.45, 7) is 0. The van der Waals surface area contributed by atoms with E-state index in [9.17, 15) is 0 Å². The quantitative estimate of drug-likeness (QED) is 0.578. The molecule has 0 amide bonds. The highest BCUT2D eigenvalue weighted by Crippen LogP contribution is 2.24. The van der Waals surface area contributed by atoms with Crippen LogP contribution in [0.4, 0.5) is 11.5 Å². The van der Waals surface area contributed by atoms with Gasteiger partial charge in [0.1, 0.15) is 12.0 Å². The Morgan fingerprint density at radius 2 is 2.07 bits per heavy atom. The van der Waals surface area contributed by atoms with E-state index in [4.69, 9.17) is 17.3 Å². The summed E-state index contributed by atoms with van der Waals surface area (Å²) >= 11 is 5.77. The molecule has 1 aliphatic rings. The van der Waals surface area contributed by atoms with Gasteiger partial charge in [-0.2, -0.15) is 0 Å². The van der Waals surface area contributed by atoms with Gasteiger partial charge in [0.15, 0.2) is 11.0 Å². The topological polar surface area (TPSA) is 63.8 Å². The maximum absolute atomic E-state index is 5.77. The Labute approximate surface area is 87.2 Å². The zero-order chi connectivity index (χ0) is 9.97. The fraction of sp³-hybridized carbons (Fsp3) is 0.333. The molecule has 0 fully saturated rings. The van der Waals surface area contributed by atoms with Crippen LogP contribution in [-0.4, -0.2) is 16.0 Å². The van der Waals surface area contributed by atoms with Crippen molar-refractivity contribution in [3.8, 4) is 0 Å². The molecule has 0 unspecified atom stereocenters. The van der Waals surface area contributed by atoms with Gasteiger partial charge in [-0.3, -0.25) is 0 Å². The van der Waals surface area contributed by atoms with E-state index in [0.29, 0.717) is 22.7 Å². The van der Waals surface area contributed by atoms with Gasteiger partial charge in [-0.15, -0.1) is 0 Å². The molecule has 4 nitrogen and oxygen atoms in total. The molecular weight excluding hydrogens is 200 g/mol. The van der Waals surface area contributed by atoms with Gasteiger partial charge < -0.3 is 11.1 Å². The van der Waals surface area contributed by atoms with Crippen LogP contribution in [0.5, 0.6) is 0 Å². The standard InChI is InChI=1S/C9H11ClN4/c10-8-7(11)9(13-5-12-8)14-6-3-1-2-4-6/h1-2,5-6H,3-4,11H2,(H,12,13,14). The molecular formula is C9H11ClN4. The van der Waals surface area contributed by atoms with Crippen molar-refractivity contribution in [3.05, 3.63) is 23.6 Å². The van der Waals surface area contributed by atoms with Crippen molar-refractivity contribution in [3.63, 3.8) is 0 Å². The summed E-state index contributed by atoms with van der Waals surface area (Å²) < 4.78 is 0. The molecule has 0 aliphatic heterocycles. The summed E-state index contributed by atoms with van der Waals surface area (Å²) in [7, 11) is 0. The summed E-state index contributed by atoms with van der Waals surface area (Å²) in [5.41, 5.74) is 6.14. The largest absolute Gasteiger partial charge is 0.393 e. The van der Waals surface area contributed by atoms with E-state index >= 15 is 0 Å². The molecule has 1 aliphatic carbocycles. The SMILES string of the molecule is Nc1c(Cl)ncnc1NC1CC=CC1. The maximum atomic E-state index is 5.77. The van der Waals surface area contributed by atoms with Gasteiger partial charge in [-0.05, 0) is 12.8 Å². The van der Waals surface area contributed by atoms with E-state index in [1.54, 1.807) is 0 Å². The Kier molecular flexibility index (Phi) is 2.54. The van der Waals surface area contributed by atoms with Crippen LogP contribution in [0.15, 0.2) is 18.5 Å². The molecule has 0 spiro atoms. The van der Waals surface area contributed by atoms with E-state index in [1.165, 1.54) is 6.33 Å². The third kappa shape index (κ3) is 1.80. The second-order valence-corrected chi connectivity index (χ2v) is 3.57. The van der Waals surface area contributed by atoms with Crippen LogP contribution in [0, 0.1) is 0 Å². The van der Waals surface area contributed by atoms with Crippen LogP contribution in [0.3, 0.4) is 0 Å². The van der Waals surface area contributed by atoms with Gasteiger partial charge in [0, 0.05) is 6.04 Å². The van der Waals surface area contributed by atoms with Gasteiger partial charge in [0.2, 0.25) is 0 Å². The lowest BCUT2D eigenvalue weighted by molar-refractivity contribution is 0.780. The average Bonchev–Trinajstić information content (AvgIpc) is 2.66. The first-order valence-corrected chi connectivity index (χ1v) is 4.82. The van der Waals surface area contributed by atoms with Crippen LogP contribution < -0.4 is 11.1 Å². The number of anilines is 2. The number of rotatable bonds is 2. The van der Waals surface area contributed by atoms with Crippen molar-refractivity contribution in [2.45, 2.75) is 18.9 Å². The molecule has 74 valence electrons. The summed E-state index contributed by atoms with van der Waals surface area (Å²) in [4.78, 5) is 7.83. The molecule has 1 aromatic heterocycles. The lowest BCUT2D eigenvalue weighted by atomic mass is 10.2. The molecule has 0 saturated carbocycles. The summed E-state index contributed by atoms with van der Waals surface area (Å²) in [6, 6.07) is 0.378. The van der Waals surface area contributed by atoms with Gasteiger partial charge in [0.05, 0.1) is 0 Å². The summed E-state index contributed by atoms with van der Waals surface area (Å²) in [5, 5.41) is 3.53. The van der Waals surface area contributed by atoms with Gasteiger partial charge in [-0.25, -0.2) is 9.97 Å². The lowest BCUT2D eigenvalue weighted by Gasteiger charge is -2.14. The van der Waals surface area contributed by atoms with Crippen LogP contribution in [0.2, 0.25) is 5.15 Å². The Bertz CT molecular complexity index is 356. The molecule has 1 heterocycles. The fourth-order valence-corrected chi connectivity index (χ4v) is 1.55. The number of aromatic nitrogens is 2. The monoisotopic (exact) mass is 210 g/mol. The van der Waals surface area contributed by atoms with Crippen LogP contribution in [0.25, 0.3) is 0 Å². The minimum Gasteiger partial charge on any atom is -0.393 e. The lowest BCUT2D eigenvalue weighted by Crippen LogP contribution is -2.17. The number of hydrogen-bond donors (Lipinski definition) is 2. The van der Waals surface area contributed by atoms with Gasteiger partial charge >= 0.3 is 0 Å². The molecule has 0 saturated heterocycles. The highest BCUT2D eigenvalue weighted by Gasteiger charge is 2.13. The number of hydrogen-bond acceptors (Lipinski definition) is 4. The Balaban J connectivity index is 2.12. The number of nitrogens with two attached hydrogens (primary N) is 1. The molecule has 5 heteroatoms. The summed E-state index contributed by atoms with van der Waals surface area (Å²) in [5.74, 6) is 0.624. The second kappa shape index (κ2) is 3.84. The maximum Gasteiger partial charge on any atom is 0.157 e. The van der Waals surface area contributed by atoms with Gasteiger partial charge in [-0.1, -0.05) is 23.8 Å². The van der Waals surface area contributed by atoms with E-state index in [1.807, 2.05) is 0 Å². The van der Waals surface area contributed by atoms with Crippen molar-refractivity contribution in [1.29, 1.82) is 0 Å². The summed E-state index contributed by atoms with van der Waals surface area (Å²) in [6.07, 6.45) is 7.68. The Morgan fingerprint density at radius 1 is 1.36 bits per heavy atom. The van der Waals surface area contributed by atoms with Crippen molar-refractivity contribution >= 4 is 23.1 Å². The molecule has 0 radical (unpaired) electrons. The minimum atomic E-state index is 0.299. The smallest absolute Gasteiger partial charge is 0.157 e. The number of nitrogens with zero attached hydrogens (tertiary/aromatic N) is 2. The highest BCUT2D eigenvalue weighted by molar-refractivity contribution is 6.32. The fourth-order valence-electron chi connectivity index (χ4n) is 1.42. The zero-order valence-corrected chi connectivity index (χ0v) is 8.33. The normalized spacial score (nSPS) is 16.1. The van der Waals surface area contributed by atoms with Crippen molar-refractivity contribution < 1.29 is 0 Å². The van der Waals surface area contributed by atoms with E-state index < -0.39 is 0 Å². The first kappa shape index (κ1) is 9.27. The van der Waals surface area contributed by atoms with Crippen molar-refractivity contribution in [1.82, 2.24) is 9.97 Å². The third-order valence-corrected chi connectivity index (χ3v) is 2.49. The number of halogens is 1. The van der Waals surface area contributed by atoms with Gasteiger partial charge in [0.25, 0.3) is 0 Å². The van der Waals surface area contributed by atoms with E-state index in [0.717, 1.165) is 12.8 Å². The van der Waals surface area contributed by atoms with Crippen molar-refractivity contribution in [2.24, 2.45) is 0 Å². The first-order chi connectivity index (χ1) is 6.77.